The van der Waals surface area contributed by atoms with Gasteiger partial charge in [-0.15, -0.1) is 0 Å². The first kappa shape index (κ1) is 9.67. The zero-order valence-electron chi connectivity index (χ0n) is 7.53. The van der Waals surface area contributed by atoms with Crippen LogP contribution in [-0.4, -0.2) is 15.7 Å². The fraction of sp³-hybridized carbons (Fsp3) is 0.500. The van der Waals surface area contributed by atoms with Gasteiger partial charge >= 0.3 is 0 Å². The van der Waals surface area contributed by atoms with Gasteiger partial charge in [-0.3, -0.25) is 14.9 Å². The van der Waals surface area contributed by atoms with Crippen molar-refractivity contribution in [2.45, 2.75) is 25.3 Å². The van der Waals surface area contributed by atoms with Crippen LogP contribution in [0.5, 0.6) is 0 Å². The van der Waals surface area contributed by atoms with Crippen LogP contribution in [-0.2, 0) is 11.3 Å². The highest BCUT2D eigenvalue weighted by Gasteiger charge is 2.28. The Kier molecular flexibility index (Phi) is 2.56. The van der Waals surface area contributed by atoms with Crippen LogP contribution in [0.15, 0.2) is 10.7 Å². The number of hydrogen-bond acceptors (Lipinski definition) is 3. The summed E-state index contributed by atoms with van der Waals surface area (Å²) in [6.45, 7) is 0.168. The van der Waals surface area contributed by atoms with Gasteiger partial charge in [-0.05, 0) is 28.8 Å². The fourth-order valence-corrected chi connectivity index (χ4v) is 1.96. The van der Waals surface area contributed by atoms with E-state index in [1.807, 2.05) is 6.20 Å². The largest absolute Gasteiger partial charge is 0.293 e. The van der Waals surface area contributed by atoms with Crippen molar-refractivity contribution < 1.29 is 4.79 Å². The summed E-state index contributed by atoms with van der Waals surface area (Å²) in [7, 11) is 0. The molecule has 0 unspecified atom stereocenters. The molecule has 0 spiro atoms. The Morgan fingerprint density at radius 3 is 3.07 bits per heavy atom. The Morgan fingerprint density at radius 2 is 2.50 bits per heavy atom. The maximum absolute atomic E-state index is 11.0. The average molecular weight is 259 g/mol. The number of halogens is 1. The number of nitrogens with two attached hydrogens (primary N) is 1. The maximum Gasteiger partial charge on any atom is 0.255 e. The Hall–Kier alpha value is -0.880. The summed E-state index contributed by atoms with van der Waals surface area (Å²) in [6.07, 6.45) is 4.19. The smallest absolute Gasteiger partial charge is 0.255 e. The third-order valence-corrected chi connectivity index (χ3v) is 2.78. The number of hydrogen-bond donors (Lipinski definition) is 2. The zero-order valence-corrected chi connectivity index (χ0v) is 9.12. The SMILES string of the molecule is NNC(=O)Cn1cc(Br)c(C2CC2)n1. The molecule has 2 rings (SSSR count). The normalized spacial score (nSPS) is 15.6. The minimum absolute atomic E-state index is 0.168. The van der Waals surface area contributed by atoms with Crippen molar-refractivity contribution in [3.63, 3.8) is 0 Å². The first-order chi connectivity index (χ1) is 6.70. The van der Waals surface area contributed by atoms with Crippen molar-refractivity contribution in [1.82, 2.24) is 15.2 Å². The van der Waals surface area contributed by atoms with Gasteiger partial charge in [0, 0.05) is 12.1 Å². The van der Waals surface area contributed by atoms with Gasteiger partial charge in [0.2, 0.25) is 0 Å². The van der Waals surface area contributed by atoms with Crippen molar-refractivity contribution in [3.05, 3.63) is 16.4 Å². The maximum atomic E-state index is 11.0. The molecule has 0 aromatic carbocycles. The molecule has 0 atom stereocenters. The monoisotopic (exact) mass is 258 g/mol. The molecular formula is C8H11BrN4O. The summed E-state index contributed by atoms with van der Waals surface area (Å²) in [6, 6.07) is 0. The molecule has 1 aliphatic rings. The second-order valence-corrected chi connectivity index (χ2v) is 4.26. The first-order valence-electron chi connectivity index (χ1n) is 4.43. The van der Waals surface area contributed by atoms with Crippen LogP contribution in [0.4, 0.5) is 0 Å². The standard InChI is InChI=1S/C8H11BrN4O/c9-6-3-13(4-7(14)11-10)12-8(6)5-1-2-5/h3,5H,1-2,4,10H2,(H,11,14). The lowest BCUT2D eigenvalue weighted by atomic mass is 10.3. The van der Waals surface area contributed by atoms with Gasteiger partial charge in [-0.2, -0.15) is 5.10 Å². The Labute approximate surface area is 89.7 Å². The summed E-state index contributed by atoms with van der Waals surface area (Å²) in [4.78, 5) is 11.0. The van der Waals surface area contributed by atoms with Gasteiger partial charge in [0.25, 0.3) is 5.91 Å². The van der Waals surface area contributed by atoms with Gasteiger partial charge in [0.15, 0.2) is 0 Å². The van der Waals surface area contributed by atoms with Crippen molar-refractivity contribution >= 4 is 21.8 Å². The lowest BCUT2D eigenvalue weighted by Gasteiger charge is -1.98. The van der Waals surface area contributed by atoms with E-state index in [0.29, 0.717) is 5.92 Å². The molecule has 1 heterocycles. The van der Waals surface area contributed by atoms with Crippen molar-refractivity contribution in [3.8, 4) is 0 Å². The highest BCUT2D eigenvalue weighted by atomic mass is 79.9. The Morgan fingerprint density at radius 1 is 1.79 bits per heavy atom. The van der Waals surface area contributed by atoms with Crippen molar-refractivity contribution in [2.24, 2.45) is 5.84 Å². The molecular weight excluding hydrogens is 248 g/mol. The molecule has 6 heteroatoms. The molecule has 1 aliphatic carbocycles. The minimum Gasteiger partial charge on any atom is -0.293 e. The van der Waals surface area contributed by atoms with Crippen LogP contribution in [0.1, 0.15) is 24.5 Å². The van der Waals surface area contributed by atoms with Crippen LogP contribution in [0, 0.1) is 0 Å². The van der Waals surface area contributed by atoms with Crippen LogP contribution >= 0.6 is 15.9 Å². The average Bonchev–Trinajstić information content (AvgIpc) is 2.92. The van der Waals surface area contributed by atoms with Crippen LogP contribution < -0.4 is 11.3 Å². The number of carbonyl (C=O) groups excluding carboxylic acids is 1. The topological polar surface area (TPSA) is 72.9 Å². The molecule has 3 N–H and O–H groups in total. The number of rotatable bonds is 3. The number of aromatic nitrogens is 2. The van der Waals surface area contributed by atoms with E-state index in [1.165, 1.54) is 12.8 Å². The Balaban J connectivity index is 2.11. The van der Waals surface area contributed by atoms with Crippen LogP contribution in [0.2, 0.25) is 0 Å². The predicted octanol–water partition coefficient (Wildman–Crippen LogP) is 0.513. The molecule has 1 saturated carbocycles. The summed E-state index contributed by atoms with van der Waals surface area (Å²) in [5, 5.41) is 4.31. The quantitative estimate of drug-likeness (QED) is 0.472. The predicted molar refractivity (Wildman–Crippen MR) is 54.2 cm³/mol. The third-order valence-electron chi connectivity index (χ3n) is 2.17. The van der Waals surface area contributed by atoms with E-state index in [1.54, 1.807) is 4.68 Å². The highest BCUT2D eigenvalue weighted by Crippen LogP contribution is 2.42. The molecule has 1 aromatic rings. The van der Waals surface area contributed by atoms with E-state index in [9.17, 15) is 4.79 Å². The van der Waals surface area contributed by atoms with Crippen LogP contribution in [0.25, 0.3) is 0 Å². The van der Waals surface area contributed by atoms with Gasteiger partial charge < -0.3 is 0 Å². The fourth-order valence-electron chi connectivity index (χ4n) is 1.32. The van der Waals surface area contributed by atoms with Crippen LogP contribution in [0.3, 0.4) is 0 Å². The van der Waals surface area contributed by atoms with Gasteiger partial charge in [0.1, 0.15) is 6.54 Å². The molecule has 5 nitrogen and oxygen atoms in total. The second kappa shape index (κ2) is 3.70. The molecule has 1 aromatic heterocycles. The molecule has 0 bridgehead atoms. The molecule has 0 saturated heterocycles. The first-order valence-corrected chi connectivity index (χ1v) is 5.22. The van der Waals surface area contributed by atoms with Gasteiger partial charge in [0.05, 0.1) is 10.2 Å². The molecule has 1 fully saturated rings. The second-order valence-electron chi connectivity index (χ2n) is 3.40. The van der Waals surface area contributed by atoms with Gasteiger partial charge in [-0.1, -0.05) is 0 Å². The lowest BCUT2D eigenvalue weighted by Crippen LogP contribution is -2.33. The van der Waals surface area contributed by atoms with E-state index in [0.717, 1.165) is 10.2 Å². The van der Waals surface area contributed by atoms with E-state index >= 15 is 0 Å². The summed E-state index contributed by atoms with van der Waals surface area (Å²) >= 11 is 3.42. The molecule has 0 radical (unpaired) electrons. The lowest BCUT2D eigenvalue weighted by molar-refractivity contribution is -0.121. The number of carbonyl (C=O) groups is 1. The van der Waals surface area contributed by atoms with E-state index in [-0.39, 0.29) is 12.5 Å². The zero-order chi connectivity index (χ0) is 10.1. The minimum atomic E-state index is -0.248. The number of nitrogens with one attached hydrogen (secondary N) is 1. The number of nitrogens with zero attached hydrogens (tertiary/aromatic N) is 2. The van der Waals surface area contributed by atoms with E-state index < -0.39 is 0 Å². The van der Waals surface area contributed by atoms with Gasteiger partial charge in [-0.25, -0.2) is 5.84 Å². The molecule has 0 aliphatic heterocycles. The molecule has 1 amide bonds. The van der Waals surface area contributed by atoms with Crippen molar-refractivity contribution in [1.29, 1.82) is 0 Å². The molecule has 14 heavy (non-hydrogen) atoms. The van der Waals surface area contributed by atoms with E-state index in [4.69, 9.17) is 5.84 Å². The molecule has 76 valence electrons. The van der Waals surface area contributed by atoms with Crippen molar-refractivity contribution in [2.75, 3.05) is 0 Å². The number of hydrazine groups is 1. The summed E-state index contributed by atoms with van der Waals surface area (Å²) in [5.74, 6) is 5.31. The summed E-state index contributed by atoms with van der Waals surface area (Å²) in [5.41, 5.74) is 3.12. The summed E-state index contributed by atoms with van der Waals surface area (Å²) < 4.78 is 2.57. The number of amides is 1. The highest BCUT2D eigenvalue weighted by molar-refractivity contribution is 9.10. The van der Waals surface area contributed by atoms with E-state index in [2.05, 4.69) is 26.5 Å². The Bertz CT molecular complexity index is 358. The third kappa shape index (κ3) is 1.96.